The first-order chi connectivity index (χ1) is 15.2. The van der Waals surface area contributed by atoms with Crippen molar-refractivity contribution in [3.63, 3.8) is 0 Å². The average Bonchev–Trinajstić information content (AvgIpc) is 3.43. The van der Waals surface area contributed by atoms with Gasteiger partial charge in [0.15, 0.2) is 5.96 Å². The van der Waals surface area contributed by atoms with Crippen LogP contribution in [-0.4, -0.2) is 49.0 Å². The number of benzene rings is 2. The van der Waals surface area contributed by atoms with Crippen molar-refractivity contribution in [1.29, 1.82) is 0 Å². The molecule has 0 aliphatic carbocycles. The minimum Gasteiger partial charge on any atom is -0.369 e. The van der Waals surface area contributed by atoms with Crippen molar-refractivity contribution < 1.29 is 4.79 Å². The summed E-state index contributed by atoms with van der Waals surface area (Å²) in [6.45, 7) is 7.09. The molecule has 164 valence electrons. The molecule has 0 spiro atoms. The van der Waals surface area contributed by atoms with E-state index in [4.69, 9.17) is 4.99 Å². The van der Waals surface area contributed by atoms with Crippen molar-refractivity contribution in [2.45, 2.75) is 45.3 Å². The van der Waals surface area contributed by atoms with Gasteiger partial charge in [0, 0.05) is 50.9 Å². The van der Waals surface area contributed by atoms with Gasteiger partial charge in [-0.3, -0.25) is 4.79 Å². The van der Waals surface area contributed by atoms with E-state index in [0.717, 1.165) is 45.0 Å². The van der Waals surface area contributed by atoms with E-state index in [-0.39, 0.29) is 5.91 Å². The second-order valence-corrected chi connectivity index (χ2v) is 8.29. The lowest BCUT2D eigenvalue weighted by Crippen LogP contribution is -2.44. The van der Waals surface area contributed by atoms with E-state index in [1.54, 1.807) is 0 Å². The minimum absolute atomic E-state index is 0.262. The molecule has 4 rings (SSSR count). The molecule has 1 amide bonds. The third-order valence-corrected chi connectivity index (χ3v) is 6.05. The molecule has 2 fully saturated rings. The number of guanidine groups is 1. The topological polar surface area (TPSA) is 60.0 Å². The summed E-state index contributed by atoms with van der Waals surface area (Å²) in [5.74, 6) is 1.12. The lowest BCUT2D eigenvalue weighted by atomic mass is 10.1. The SMILES string of the molecule is CCNC(=NCc1ccccc1CN1CCCC1=O)NC1CCN(c2ccccc2)C1. The van der Waals surface area contributed by atoms with E-state index in [2.05, 4.69) is 71.0 Å². The van der Waals surface area contributed by atoms with Crippen molar-refractivity contribution in [3.05, 3.63) is 65.7 Å². The van der Waals surface area contributed by atoms with Gasteiger partial charge in [-0.1, -0.05) is 42.5 Å². The molecule has 6 nitrogen and oxygen atoms in total. The van der Waals surface area contributed by atoms with E-state index >= 15 is 0 Å². The largest absolute Gasteiger partial charge is 0.369 e. The number of nitrogens with zero attached hydrogens (tertiary/aromatic N) is 3. The Morgan fingerprint density at radius 3 is 2.58 bits per heavy atom. The molecule has 1 unspecified atom stereocenters. The van der Waals surface area contributed by atoms with Crippen LogP contribution in [0.5, 0.6) is 0 Å². The maximum absolute atomic E-state index is 12.0. The molecule has 2 aliphatic rings. The Bertz CT molecular complexity index is 898. The van der Waals surface area contributed by atoms with Crippen LogP contribution in [0.15, 0.2) is 59.6 Å². The summed E-state index contributed by atoms with van der Waals surface area (Å²) < 4.78 is 0. The number of amides is 1. The van der Waals surface area contributed by atoms with E-state index < -0.39 is 0 Å². The van der Waals surface area contributed by atoms with Gasteiger partial charge >= 0.3 is 0 Å². The van der Waals surface area contributed by atoms with E-state index in [1.807, 2.05) is 11.0 Å². The van der Waals surface area contributed by atoms with Crippen LogP contribution in [0.3, 0.4) is 0 Å². The molecule has 31 heavy (non-hydrogen) atoms. The minimum atomic E-state index is 0.262. The van der Waals surface area contributed by atoms with Crippen LogP contribution in [-0.2, 0) is 17.9 Å². The highest BCUT2D eigenvalue weighted by atomic mass is 16.2. The van der Waals surface area contributed by atoms with Crippen molar-refractivity contribution >= 4 is 17.6 Å². The van der Waals surface area contributed by atoms with Gasteiger partial charge in [0.25, 0.3) is 0 Å². The van der Waals surface area contributed by atoms with Crippen LogP contribution in [0.25, 0.3) is 0 Å². The highest BCUT2D eigenvalue weighted by Crippen LogP contribution is 2.20. The van der Waals surface area contributed by atoms with Crippen LogP contribution in [0.4, 0.5) is 5.69 Å². The monoisotopic (exact) mass is 419 g/mol. The summed E-state index contributed by atoms with van der Waals surface area (Å²) in [4.78, 5) is 21.3. The normalized spacial score (nSPS) is 19.2. The Morgan fingerprint density at radius 2 is 1.84 bits per heavy atom. The smallest absolute Gasteiger partial charge is 0.222 e. The first-order valence-corrected chi connectivity index (χ1v) is 11.4. The standard InChI is InChI=1S/C25H33N5O/c1-2-26-25(28-22-14-16-29(19-22)23-11-4-3-5-12-23)27-17-20-9-6-7-10-21(20)18-30-15-8-13-24(30)31/h3-7,9-12,22H,2,8,13-19H2,1H3,(H2,26,27,28). The predicted octanol–water partition coefficient (Wildman–Crippen LogP) is 3.14. The molecule has 0 saturated carbocycles. The third-order valence-electron chi connectivity index (χ3n) is 6.05. The number of likely N-dealkylation sites (tertiary alicyclic amines) is 1. The Balaban J connectivity index is 1.39. The van der Waals surface area contributed by atoms with E-state index in [1.165, 1.54) is 16.8 Å². The molecule has 0 aromatic heterocycles. The Labute approximate surface area is 185 Å². The number of rotatable bonds is 7. The number of para-hydroxylation sites is 1. The number of aliphatic imine (C=N–C) groups is 1. The fourth-order valence-electron chi connectivity index (χ4n) is 4.37. The molecule has 2 heterocycles. The van der Waals surface area contributed by atoms with Gasteiger partial charge in [-0.25, -0.2) is 4.99 Å². The third kappa shape index (κ3) is 5.57. The fraction of sp³-hybridized carbons (Fsp3) is 0.440. The molecular weight excluding hydrogens is 386 g/mol. The second kappa shape index (κ2) is 10.3. The summed E-state index contributed by atoms with van der Waals surface area (Å²) in [7, 11) is 0. The second-order valence-electron chi connectivity index (χ2n) is 8.29. The molecule has 2 N–H and O–H groups in total. The molecule has 2 saturated heterocycles. The van der Waals surface area contributed by atoms with Crippen LogP contribution < -0.4 is 15.5 Å². The number of hydrogen-bond acceptors (Lipinski definition) is 3. The summed E-state index contributed by atoms with van der Waals surface area (Å²) >= 11 is 0. The van der Waals surface area contributed by atoms with Crippen LogP contribution >= 0.6 is 0 Å². The first-order valence-electron chi connectivity index (χ1n) is 11.4. The maximum atomic E-state index is 12.0. The first kappa shape index (κ1) is 21.2. The van der Waals surface area contributed by atoms with E-state index in [0.29, 0.717) is 25.6 Å². The number of carbonyl (C=O) groups excluding carboxylic acids is 1. The number of carbonyl (C=O) groups is 1. The molecule has 2 aromatic rings. The average molecular weight is 420 g/mol. The summed E-state index contributed by atoms with van der Waals surface area (Å²) in [6, 6.07) is 19.3. The van der Waals surface area contributed by atoms with Gasteiger partial charge in [-0.05, 0) is 43.0 Å². The summed E-state index contributed by atoms with van der Waals surface area (Å²) in [6.07, 6.45) is 2.73. The highest BCUT2D eigenvalue weighted by Gasteiger charge is 2.23. The molecule has 0 radical (unpaired) electrons. The molecule has 2 aromatic carbocycles. The molecule has 1 atom stereocenters. The van der Waals surface area contributed by atoms with Gasteiger partial charge in [0.2, 0.25) is 5.91 Å². The molecule has 6 heteroatoms. The van der Waals surface area contributed by atoms with Gasteiger partial charge in [0.05, 0.1) is 6.54 Å². The Hall–Kier alpha value is -3.02. The van der Waals surface area contributed by atoms with Crippen LogP contribution in [0, 0.1) is 0 Å². The van der Waals surface area contributed by atoms with Gasteiger partial charge in [0.1, 0.15) is 0 Å². The van der Waals surface area contributed by atoms with Gasteiger partial charge < -0.3 is 20.4 Å². The van der Waals surface area contributed by atoms with Gasteiger partial charge in [-0.2, -0.15) is 0 Å². The van der Waals surface area contributed by atoms with Crippen molar-refractivity contribution in [1.82, 2.24) is 15.5 Å². The van der Waals surface area contributed by atoms with E-state index in [9.17, 15) is 4.79 Å². The Morgan fingerprint density at radius 1 is 1.06 bits per heavy atom. The molecular formula is C25H33N5O. The van der Waals surface area contributed by atoms with Gasteiger partial charge in [-0.15, -0.1) is 0 Å². The zero-order chi connectivity index (χ0) is 21.5. The lowest BCUT2D eigenvalue weighted by molar-refractivity contribution is -0.128. The lowest BCUT2D eigenvalue weighted by Gasteiger charge is -2.21. The quantitative estimate of drug-likeness (QED) is 0.535. The zero-order valence-electron chi connectivity index (χ0n) is 18.4. The summed E-state index contributed by atoms with van der Waals surface area (Å²) in [5.41, 5.74) is 3.64. The van der Waals surface area contributed by atoms with Crippen molar-refractivity contribution in [3.8, 4) is 0 Å². The number of nitrogens with one attached hydrogen (secondary N) is 2. The fourth-order valence-corrected chi connectivity index (χ4v) is 4.37. The highest BCUT2D eigenvalue weighted by molar-refractivity contribution is 5.80. The number of hydrogen-bond donors (Lipinski definition) is 2. The maximum Gasteiger partial charge on any atom is 0.222 e. The summed E-state index contributed by atoms with van der Waals surface area (Å²) in [5, 5.41) is 7.01. The Kier molecular flexibility index (Phi) is 7.07. The van der Waals surface area contributed by atoms with Crippen molar-refractivity contribution in [2.75, 3.05) is 31.1 Å². The van der Waals surface area contributed by atoms with Crippen LogP contribution in [0.1, 0.15) is 37.3 Å². The molecule has 0 bridgehead atoms. The van der Waals surface area contributed by atoms with Crippen LogP contribution in [0.2, 0.25) is 0 Å². The predicted molar refractivity (Wildman–Crippen MR) is 126 cm³/mol. The number of anilines is 1. The van der Waals surface area contributed by atoms with Crippen molar-refractivity contribution in [2.24, 2.45) is 4.99 Å². The molecule has 2 aliphatic heterocycles. The zero-order valence-corrected chi connectivity index (χ0v) is 18.4.